The number of hydrogen-bond acceptors (Lipinski definition) is 5. The van der Waals surface area contributed by atoms with E-state index in [0.717, 1.165) is 5.56 Å². The summed E-state index contributed by atoms with van der Waals surface area (Å²) in [5, 5.41) is 15.9. The van der Waals surface area contributed by atoms with Gasteiger partial charge in [-0.1, -0.05) is 6.07 Å². The molecule has 0 aliphatic rings. The Labute approximate surface area is 143 Å². The highest BCUT2D eigenvalue weighted by molar-refractivity contribution is 9.11. The van der Waals surface area contributed by atoms with Crippen LogP contribution in [0.15, 0.2) is 26.7 Å². The lowest BCUT2D eigenvalue weighted by Crippen LogP contribution is -2.18. The Morgan fingerprint density at radius 1 is 1.43 bits per heavy atom. The van der Waals surface area contributed by atoms with Crippen LogP contribution in [0.25, 0.3) is 0 Å². The van der Waals surface area contributed by atoms with Crippen molar-refractivity contribution in [2.24, 2.45) is 0 Å². The SMILES string of the molecule is CNC(=O)c1ccc(C)c(NC(O)c2sc(Br)nc2Br)c1. The number of nitrogens with zero attached hydrogens (tertiary/aromatic N) is 1. The second-order valence-corrected chi connectivity index (χ2v) is 7.34. The number of nitrogens with one attached hydrogen (secondary N) is 2. The second kappa shape index (κ2) is 6.87. The largest absolute Gasteiger partial charge is 0.369 e. The fourth-order valence-electron chi connectivity index (χ4n) is 1.73. The van der Waals surface area contributed by atoms with Crippen LogP contribution in [0.1, 0.15) is 27.0 Å². The summed E-state index contributed by atoms with van der Waals surface area (Å²) in [6, 6.07) is 5.28. The van der Waals surface area contributed by atoms with Gasteiger partial charge < -0.3 is 15.7 Å². The molecule has 0 aliphatic heterocycles. The summed E-state index contributed by atoms with van der Waals surface area (Å²) in [5.41, 5.74) is 2.16. The average Bonchev–Trinajstić information content (AvgIpc) is 2.79. The van der Waals surface area contributed by atoms with Crippen molar-refractivity contribution in [2.75, 3.05) is 12.4 Å². The number of amides is 1. The lowest BCUT2D eigenvalue weighted by atomic mass is 10.1. The van der Waals surface area contributed by atoms with E-state index in [-0.39, 0.29) is 5.91 Å². The van der Waals surface area contributed by atoms with E-state index in [1.54, 1.807) is 19.2 Å². The molecule has 2 rings (SSSR count). The van der Waals surface area contributed by atoms with E-state index in [2.05, 4.69) is 47.5 Å². The van der Waals surface area contributed by atoms with Gasteiger partial charge in [0.15, 0.2) is 10.1 Å². The van der Waals surface area contributed by atoms with Gasteiger partial charge in [0.2, 0.25) is 0 Å². The maximum absolute atomic E-state index is 11.7. The first kappa shape index (κ1) is 16.4. The minimum atomic E-state index is -0.915. The van der Waals surface area contributed by atoms with E-state index in [0.29, 0.717) is 24.6 Å². The molecule has 1 heterocycles. The van der Waals surface area contributed by atoms with E-state index in [4.69, 9.17) is 0 Å². The number of carbonyl (C=O) groups is 1. The van der Waals surface area contributed by atoms with Crippen LogP contribution in [0.2, 0.25) is 0 Å². The zero-order chi connectivity index (χ0) is 15.6. The summed E-state index contributed by atoms with van der Waals surface area (Å²) in [5.74, 6) is -0.172. The Balaban J connectivity index is 2.26. The van der Waals surface area contributed by atoms with E-state index in [1.807, 2.05) is 13.0 Å². The van der Waals surface area contributed by atoms with Crippen molar-refractivity contribution in [3.8, 4) is 0 Å². The molecule has 0 aliphatic carbocycles. The fraction of sp³-hybridized carbons (Fsp3) is 0.231. The number of aryl methyl sites for hydroxylation is 1. The molecule has 0 fully saturated rings. The van der Waals surface area contributed by atoms with Crippen molar-refractivity contribution in [1.29, 1.82) is 0 Å². The van der Waals surface area contributed by atoms with Crippen LogP contribution in [0.3, 0.4) is 0 Å². The first-order valence-electron chi connectivity index (χ1n) is 6.01. The number of benzene rings is 1. The first-order chi connectivity index (χ1) is 9.92. The van der Waals surface area contributed by atoms with E-state index >= 15 is 0 Å². The third kappa shape index (κ3) is 3.82. The van der Waals surface area contributed by atoms with Gasteiger partial charge in [0.25, 0.3) is 5.91 Å². The summed E-state index contributed by atoms with van der Waals surface area (Å²) in [6.07, 6.45) is -0.915. The zero-order valence-corrected chi connectivity index (χ0v) is 15.3. The van der Waals surface area contributed by atoms with Gasteiger partial charge in [-0.05, 0) is 56.5 Å². The smallest absolute Gasteiger partial charge is 0.251 e. The Kier molecular flexibility index (Phi) is 5.37. The number of aromatic nitrogens is 1. The normalized spacial score (nSPS) is 12.0. The molecular formula is C13H13Br2N3O2S. The van der Waals surface area contributed by atoms with Gasteiger partial charge in [-0.3, -0.25) is 4.79 Å². The summed E-state index contributed by atoms with van der Waals surface area (Å²) >= 11 is 7.91. The molecule has 1 unspecified atom stereocenters. The topological polar surface area (TPSA) is 74.2 Å². The summed E-state index contributed by atoms with van der Waals surface area (Å²) in [6.45, 7) is 1.90. The Morgan fingerprint density at radius 3 is 2.71 bits per heavy atom. The Hall–Kier alpha value is -0.960. The molecular weight excluding hydrogens is 422 g/mol. The lowest BCUT2D eigenvalue weighted by Gasteiger charge is -2.16. The number of aliphatic hydroxyl groups is 1. The molecule has 1 aromatic heterocycles. The summed E-state index contributed by atoms with van der Waals surface area (Å²) < 4.78 is 1.26. The van der Waals surface area contributed by atoms with Crippen LogP contribution in [0.4, 0.5) is 5.69 Å². The quantitative estimate of drug-likeness (QED) is 0.644. The third-order valence-corrected chi connectivity index (χ3v) is 5.28. The van der Waals surface area contributed by atoms with Crippen molar-refractivity contribution < 1.29 is 9.90 Å². The van der Waals surface area contributed by atoms with Gasteiger partial charge in [0.1, 0.15) is 4.60 Å². The number of rotatable bonds is 4. The van der Waals surface area contributed by atoms with E-state index < -0.39 is 6.23 Å². The van der Waals surface area contributed by atoms with Crippen LogP contribution in [0, 0.1) is 6.92 Å². The Bertz CT molecular complexity index is 675. The van der Waals surface area contributed by atoms with Gasteiger partial charge in [0, 0.05) is 18.3 Å². The number of anilines is 1. The molecule has 1 atom stereocenters. The maximum Gasteiger partial charge on any atom is 0.251 e. The predicted octanol–water partition coefficient (Wildman–Crippen LogP) is 3.44. The van der Waals surface area contributed by atoms with Crippen molar-refractivity contribution in [1.82, 2.24) is 10.3 Å². The van der Waals surface area contributed by atoms with Gasteiger partial charge >= 0.3 is 0 Å². The fourth-order valence-corrected chi connectivity index (χ4v) is 4.04. The molecule has 0 saturated heterocycles. The molecule has 1 amide bonds. The van der Waals surface area contributed by atoms with Crippen LogP contribution < -0.4 is 10.6 Å². The highest BCUT2D eigenvalue weighted by atomic mass is 79.9. The molecule has 112 valence electrons. The predicted molar refractivity (Wildman–Crippen MR) is 90.7 cm³/mol. The van der Waals surface area contributed by atoms with Crippen molar-refractivity contribution >= 4 is 54.8 Å². The van der Waals surface area contributed by atoms with Crippen LogP contribution in [-0.4, -0.2) is 23.0 Å². The van der Waals surface area contributed by atoms with Crippen LogP contribution >= 0.6 is 43.2 Å². The highest BCUT2D eigenvalue weighted by Crippen LogP contribution is 2.33. The second-order valence-electron chi connectivity index (χ2n) is 4.28. The lowest BCUT2D eigenvalue weighted by molar-refractivity contribution is 0.0963. The minimum absolute atomic E-state index is 0.172. The van der Waals surface area contributed by atoms with Crippen LogP contribution in [0.5, 0.6) is 0 Å². The number of halogens is 2. The number of hydrogen-bond donors (Lipinski definition) is 3. The Morgan fingerprint density at radius 2 is 2.14 bits per heavy atom. The molecule has 0 radical (unpaired) electrons. The number of aliphatic hydroxyl groups excluding tert-OH is 1. The minimum Gasteiger partial charge on any atom is -0.369 e. The van der Waals surface area contributed by atoms with Gasteiger partial charge in [-0.2, -0.15) is 0 Å². The molecule has 0 saturated carbocycles. The molecule has 8 heteroatoms. The van der Waals surface area contributed by atoms with Gasteiger partial charge in [-0.15, -0.1) is 11.3 Å². The van der Waals surface area contributed by atoms with Gasteiger partial charge in [-0.25, -0.2) is 4.98 Å². The monoisotopic (exact) mass is 433 g/mol. The number of thiazole rings is 1. The van der Waals surface area contributed by atoms with E-state index in [1.165, 1.54) is 11.3 Å². The highest BCUT2D eigenvalue weighted by Gasteiger charge is 2.17. The molecule has 0 bridgehead atoms. The third-order valence-electron chi connectivity index (χ3n) is 2.85. The average molecular weight is 435 g/mol. The molecule has 2 aromatic rings. The molecule has 5 nitrogen and oxygen atoms in total. The zero-order valence-electron chi connectivity index (χ0n) is 11.3. The molecule has 1 aromatic carbocycles. The molecule has 0 spiro atoms. The van der Waals surface area contributed by atoms with Gasteiger partial charge in [0.05, 0.1) is 4.88 Å². The van der Waals surface area contributed by atoms with Crippen molar-refractivity contribution in [2.45, 2.75) is 13.2 Å². The first-order valence-corrected chi connectivity index (χ1v) is 8.41. The molecule has 3 N–H and O–H groups in total. The summed E-state index contributed by atoms with van der Waals surface area (Å²) in [7, 11) is 1.58. The van der Waals surface area contributed by atoms with Crippen LogP contribution in [-0.2, 0) is 0 Å². The van der Waals surface area contributed by atoms with Crippen molar-refractivity contribution in [3.05, 3.63) is 42.7 Å². The maximum atomic E-state index is 11.7. The summed E-state index contributed by atoms with van der Waals surface area (Å²) in [4.78, 5) is 16.5. The number of carbonyl (C=O) groups excluding carboxylic acids is 1. The standard InChI is InChI=1S/C13H13Br2N3O2S/c1-6-3-4-7(11(19)16-2)5-8(6)17-12(20)9-10(14)18-13(15)21-9/h3-5,12,17,20H,1-2H3,(H,16,19). The van der Waals surface area contributed by atoms with E-state index in [9.17, 15) is 9.90 Å². The van der Waals surface area contributed by atoms with Crippen molar-refractivity contribution in [3.63, 3.8) is 0 Å². The molecule has 21 heavy (non-hydrogen) atoms.